The van der Waals surface area contributed by atoms with E-state index in [2.05, 4.69) is 16.4 Å². The molecule has 3 heteroatoms. The third kappa shape index (κ3) is 1.61. The molecule has 16 heavy (non-hydrogen) atoms. The number of benzene rings is 1. The number of aromatic nitrogens is 1. The molecule has 1 aliphatic heterocycles. The van der Waals surface area contributed by atoms with Gasteiger partial charge in [-0.15, -0.1) is 0 Å². The van der Waals surface area contributed by atoms with Crippen molar-refractivity contribution in [1.29, 1.82) is 0 Å². The smallest absolute Gasteiger partial charge is 0.147 e. The van der Waals surface area contributed by atoms with Crippen LogP contribution in [-0.4, -0.2) is 18.1 Å². The maximum absolute atomic E-state index is 13.5. The fraction of sp³-hybridized carbons (Fsp3) is 0.385. The van der Waals surface area contributed by atoms with Crippen molar-refractivity contribution < 1.29 is 4.39 Å². The van der Waals surface area contributed by atoms with Crippen molar-refractivity contribution in [1.82, 2.24) is 10.3 Å². The zero-order chi connectivity index (χ0) is 11.0. The normalized spacial score (nSPS) is 21.4. The summed E-state index contributed by atoms with van der Waals surface area (Å²) in [4.78, 5) is 3.22. The van der Waals surface area contributed by atoms with Gasteiger partial charge in [0.2, 0.25) is 0 Å². The van der Waals surface area contributed by atoms with Gasteiger partial charge in [-0.25, -0.2) is 4.39 Å². The second kappa shape index (κ2) is 3.91. The summed E-state index contributed by atoms with van der Waals surface area (Å²) in [6.45, 7) is 2.10. The molecule has 0 unspecified atom stereocenters. The summed E-state index contributed by atoms with van der Waals surface area (Å²) < 4.78 is 13.5. The van der Waals surface area contributed by atoms with Crippen LogP contribution in [0.4, 0.5) is 4.39 Å². The third-order valence-corrected chi connectivity index (χ3v) is 3.36. The Morgan fingerprint density at radius 2 is 2.25 bits per heavy atom. The monoisotopic (exact) mass is 218 g/mol. The minimum absolute atomic E-state index is 0.160. The van der Waals surface area contributed by atoms with Gasteiger partial charge < -0.3 is 10.3 Å². The highest BCUT2D eigenvalue weighted by molar-refractivity contribution is 5.81. The zero-order valence-corrected chi connectivity index (χ0v) is 9.09. The largest absolute Gasteiger partial charge is 0.356 e. The molecule has 2 N–H and O–H groups in total. The second-order valence-electron chi connectivity index (χ2n) is 4.47. The number of rotatable bonds is 1. The fourth-order valence-electron chi connectivity index (χ4n) is 2.48. The zero-order valence-electron chi connectivity index (χ0n) is 9.09. The van der Waals surface area contributed by atoms with E-state index in [9.17, 15) is 4.39 Å². The predicted octanol–water partition coefficient (Wildman–Crippen LogP) is 2.77. The summed E-state index contributed by atoms with van der Waals surface area (Å²) in [6.07, 6.45) is 2.38. The fourth-order valence-corrected chi connectivity index (χ4v) is 2.48. The van der Waals surface area contributed by atoms with E-state index in [1.165, 1.54) is 18.9 Å². The van der Waals surface area contributed by atoms with Gasteiger partial charge in [0.15, 0.2) is 0 Å². The molecule has 1 aliphatic rings. The Hall–Kier alpha value is -1.35. The minimum Gasteiger partial charge on any atom is -0.356 e. The van der Waals surface area contributed by atoms with Gasteiger partial charge in [0.05, 0.1) is 5.52 Å². The summed E-state index contributed by atoms with van der Waals surface area (Å²) >= 11 is 0. The van der Waals surface area contributed by atoms with Gasteiger partial charge in [-0.1, -0.05) is 12.1 Å². The van der Waals surface area contributed by atoms with Crippen molar-refractivity contribution in [2.45, 2.75) is 18.8 Å². The number of nitrogens with one attached hydrogen (secondary N) is 2. The number of hydrogen-bond acceptors (Lipinski definition) is 1. The van der Waals surface area contributed by atoms with Crippen LogP contribution in [-0.2, 0) is 0 Å². The molecular weight excluding hydrogens is 203 g/mol. The molecule has 0 saturated carbocycles. The Bertz CT molecular complexity index is 498. The van der Waals surface area contributed by atoms with Gasteiger partial charge in [0.25, 0.3) is 0 Å². The molecule has 1 saturated heterocycles. The van der Waals surface area contributed by atoms with E-state index in [0.717, 1.165) is 24.2 Å². The number of piperidine rings is 1. The Labute approximate surface area is 93.9 Å². The Morgan fingerprint density at radius 1 is 1.31 bits per heavy atom. The van der Waals surface area contributed by atoms with Crippen molar-refractivity contribution in [3.05, 3.63) is 35.8 Å². The van der Waals surface area contributed by atoms with Crippen molar-refractivity contribution in [2.24, 2.45) is 0 Å². The molecule has 0 bridgehead atoms. The van der Waals surface area contributed by atoms with E-state index in [-0.39, 0.29) is 5.82 Å². The summed E-state index contributed by atoms with van der Waals surface area (Å²) in [5.41, 5.74) is 1.80. The van der Waals surface area contributed by atoms with Gasteiger partial charge in [0, 0.05) is 23.5 Å². The Kier molecular flexibility index (Phi) is 2.40. The van der Waals surface area contributed by atoms with Gasteiger partial charge in [-0.05, 0) is 31.5 Å². The molecule has 1 aromatic heterocycles. The third-order valence-electron chi connectivity index (χ3n) is 3.36. The Morgan fingerprint density at radius 3 is 3.00 bits per heavy atom. The first kappa shape index (κ1) is 9.85. The van der Waals surface area contributed by atoms with Crippen LogP contribution in [0.5, 0.6) is 0 Å². The highest BCUT2D eigenvalue weighted by Gasteiger charge is 2.17. The highest BCUT2D eigenvalue weighted by Crippen LogP contribution is 2.27. The van der Waals surface area contributed by atoms with E-state index >= 15 is 0 Å². The molecule has 2 nitrogen and oxygen atoms in total. The summed E-state index contributed by atoms with van der Waals surface area (Å²) in [7, 11) is 0. The molecule has 3 rings (SSSR count). The average molecular weight is 218 g/mol. The van der Waals surface area contributed by atoms with Crippen molar-refractivity contribution in [2.75, 3.05) is 13.1 Å². The van der Waals surface area contributed by atoms with E-state index in [1.54, 1.807) is 6.07 Å². The standard InChI is InChI=1S/C13H15FN2/c14-11-5-1-3-9-7-12(16-13(9)11)10-4-2-6-15-8-10/h1,3,5,7,10,15-16H,2,4,6,8H2/t10-/m1/s1. The van der Waals surface area contributed by atoms with E-state index < -0.39 is 0 Å². The molecule has 1 atom stereocenters. The van der Waals surface area contributed by atoms with Crippen LogP contribution in [0.2, 0.25) is 0 Å². The molecule has 2 aromatic rings. The molecule has 0 amide bonds. The second-order valence-corrected chi connectivity index (χ2v) is 4.47. The lowest BCUT2D eigenvalue weighted by atomic mass is 9.96. The summed E-state index contributed by atoms with van der Waals surface area (Å²) in [6, 6.07) is 7.29. The summed E-state index contributed by atoms with van der Waals surface area (Å²) in [5, 5.41) is 4.35. The molecule has 0 aliphatic carbocycles. The van der Waals surface area contributed by atoms with Crippen LogP contribution in [0.15, 0.2) is 24.3 Å². The van der Waals surface area contributed by atoms with Gasteiger partial charge in [-0.2, -0.15) is 0 Å². The maximum Gasteiger partial charge on any atom is 0.147 e. The lowest BCUT2D eigenvalue weighted by Crippen LogP contribution is -2.28. The van der Waals surface area contributed by atoms with Crippen LogP contribution in [0, 0.1) is 5.82 Å². The number of halogens is 1. The number of para-hydroxylation sites is 1. The lowest BCUT2D eigenvalue weighted by Gasteiger charge is -2.21. The lowest BCUT2D eigenvalue weighted by molar-refractivity contribution is 0.456. The number of fused-ring (bicyclic) bond motifs is 1. The maximum atomic E-state index is 13.5. The topological polar surface area (TPSA) is 27.8 Å². The molecular formula is C13H15FN2. The number of aromatic amines is 1. The van der Waals surface area contributed by atoms with Crippen LogP contribution in [0.25, 0.3) is 10.9 Å². The Balaban J connectivity index is 2.01. The number of H-pyrrole nitrogens is 1. The average Bonchev–Trinajstić information content (AvgIpc) is 2.76. The predicted molar refractivity (Wildman–Crippen MR) is 63.1 cm³/mol. The van der Waals surface area contributed by atoms with E-state index in [4.69, 9.17) is 0 Å². The molecule has 0 radical (unpaired) electrons. The van der Waals surface area contributed by atoms with Crippen LogP contribution in [0.1, 0.15) is 24.5 Å². The van der Waals surface area contributed by atoms with E-state index in [1.807, 2.05) is 6.07 Å². The quantitative estimate of drug-likeness (QED) is 0.756. The van der Waals surface area contributed by atoms with E-state index in [0.29, 0.717) is 11.4 Å². The van der Waals surface area contributed by atoms with Gasteiger partial charge >= 0.3 is 0 Å². The van der Waals surface area contributed by atoms with Crippen LogP contribution >= 0.6 is 0 Å². The van der Waals surface area contributed by atoms with Crippen LogP contribution < -0.4 is 5.32 Å². The summed E-state index contributed by atoms with van der Waals surface area (Å²) in [5.74, 6) is 0.341. The first-order chi connectivity index (χ1) is 7.84. The van der Waals surface area contributed by atoms with Crippen LogP contribution in [0.3, 0.4) is 0 Å². The molecule has 1 aromatic carbocycles. The SMILES string of the molecule is Fc1cccc2cc([C@@H]3CCCNC3)[nH]c12. The first-order valence-corrected chi connectivity index (χ1v) is 5.82. The highest BCUT2D eigenvalue weighted by atomic mass is 19.1. The van der Waals surface area contributed by atoms with Crippen molar-refractivity contribution in [3.63, 3.8) is 0 Å². The number of hydrogen-bond donors (Lipinski definition) is 2. The van der Waals surface area contributed by atoms with Crippen molar-refractivity contribution >= 4 is 10.9 Å². The minimum atomic E-state index is -0.160. The molecule has 2 heterocycles. The van der Waals surface area contributed by atoms with Crippen molar-refractivity contribution in [3.8, 4) is 0 Å². The van der Waals surface area contributed by atoms with Gasteiger partial charge in [-0.3, -0.25) is 0 Å². The molecule has 1 fully saturated rings. The molecule has 0 spiro atoms. The molecule has 84 valence electrons. The first-order valence-electron chi connectivity index (χ1n) is 5.82. The van der Waals surface area contributed by atoms with Gasteiger partial charge in [0.1, 0.15) is 5.82 Å².